The van der Waals surface area contributed by atoms with Crippen LogP contribution in [0.5, 0.6) is 5.88 Å². The molecule has 4 aromatic rings. The van der Waals surface area contributed by atoms with Crippen LogP contribution in [-0.4, -0.2) is 40.7 Å². The lowest BCUT2D eigenvalue weighted by Crippen LogP contribution is -2.44. The maximum absolute atomic E-state index is 12.3. The number of carbonyl (C=O) groups is 1. The van der Waals surface area contributed by atoms with E-state index in [2.05, 4.69) is 31.7 Å². The highest BCUT2D eigenvalue weighted by Gasteiger charge is 2.26. The molecule has 1 aliphatic heterocycles. The molecule has 3 heterocycles. The molecule has 1 saturated heterocycles. The maximum atomic E-state index is 12.3. The fraction of sp³-hybridized carbons (Fsp3) is 0.269. The summed E-state index contributed by atoms with van der Waals surface area (Å²) in [4.78, 5) is 25.0. The molecule has 5 rings (SSSR count). The predicted octanol–water partition coefficient (Wildman–Crippen LogP) is 4.35. The van der Waals surface area contributed by atoms with Gasteiger partial charge in [0.1, 0.15) is 12.4 Å². The highest BCUT2D eigenvalue weighted by Crippen LogP contribution is 2.32. The molecule has 2 aromatic heterocycles. The Morgan fingerprint density at radius 1 is 1.15 bits per heavy atom. The molecular weight excluding hydrogens is 430 g/mol. The standard InChI is InChI=1S/C26H27N5O3/c1-33-25-20(13-18-9-5-6-10-21(18)31-25)23-15-28-24(30-23)22-14-19(11-12-27-22)29-26(32)34-16-17-7-3-2-4-8-17/h2-10,13,15,19,22,27H,11-12,14,16H2,1H3,(H,28,30)(H,29,32)/t19?,22-/m0/s1. The largest absolute Gasteiger partial charge is 0.480 e. The number of aromatic nitrogens is 3. The lowest BCUT2D eigenvalue weighted by molar-refractivity contribution is 0.132. The van der Waals surface area contributed by atoms with E-state index in [0.717, 1.165) is 46.5 Å². The summed E-state index contributed by atoms with van der Waals surface area (Å²) in [7, 11) is 1.62. The Morgan fingerprint density at radius 3 is 2.82 bits per heavy atom. The number of para-hydroxylation sites is 1. The van der Waals surface area contributed by atoms with Crippen LogP contribution in [0.4, 0.5) is 4.79 Å². The van der Waals surface area contributed by atoms with Crippen LogP contribution in [-0.2, 0) is 11.3 Å². The van der Waals surface area contributed by atoms with E-state index in [1.807, 2.05) is 54.6 Å². The molecule has 2 atom stereocenters. The van der Waals surface area contributed by atoms with Gasteiger partial charge in [0.05, 0.1) is 36.1 Å². The van der Waals surface area contributed by atoms with Gasteiger partial charge in [-0.2, -0.15) is 0 Å². The van der Waals surface area contributed by atoms with Gasteiger partial charge in [-0.25, -0.2) is 14.8 Å². The molecule has 34 heavy (non-hydrogen) atoms. The minimum absolute atomic E-state index is 0.0000509. The van der Waals surface area contributed by atoms with Crippen molar-refractivity contribution >= 4 is 17.0 Å². The van der Waals surface area contributed by atoms with E-state index in [9.17, 15) is 4.79 Å². The van der Waals surface area contributed by atoms with Crippen molar-refractivity contribution in [3.8, 4) is 17.1 Å². The Balaban J connectivity index is 1.25. The molecule has 1 aliphatic rings. The minimum atomic E-state index is -0.401. The zero-order valence-corrected chi connectivity index (χ0v) is 19.0. The molecule has 8 nitrogen and oxygen atoms in total. The first kappa shape index (κ1) is 21.9. The molecule has 0 saturated carbocycles. The van der Waals surface area contributed by atoms with Crippen LogP contribution >= 0.6 is 0 Å². The molecular formula is C26H27N5O3. The lowest BCUT2D eigenvalue weighted by Gasteiger charge is -2.29. The zero-order valence-electron chi connectivity index (χ0n) is 19.0. The first-order chi connectivity index (χ1) is 16.7. The van der Waals surface area contributed by atoms with Crippen molar-refractivity contribution in [1.29, 1.82) is 0 Å². The smallest absolute Gasteiger partial charge is 0.407 e. The van der Waals surface area contributed by atoms with Gasteiger partial charge in [0.25, 0.3) is 0 Å². The summed E-state index contributed by atoms with van der Waals surface area (Å²) in [5, 5.41) is 7.51. The van der Waals surface area contributed by atoms with E-state index in [4.69, 9.17) is 9.47 Å². The Kier molecular flexibility index (Phi) is 6.40. The monoisotopic (exact) mass is 457 g/mol. The fourth-order valence-electron chi connectivity index (χ4n) is 4.29. The maximum Gasteiger partial charge on any atom is 0.407 e. The third-order valence-corrected chi connectivity index (χ3v) is 6.04. The van der Waals surface area contributed by atoms with Gasteiger partial charge in [-0.15, -0.1) is 0 Å². The number of aromatic amines is 1. The molecule has 0 spiro atoms. The Hall–Kier alpha value is -3.91. The first-order valence-corrected chi connectivity index (χ1v) is 11.4. The summed E-state index contributed by atoms with van der Waals surface area (Å²) in [6.07, 6.45) is 2.94. The average Bonchev–Trinajstić information content (AvgIpc) is 3.38. The quantitative estimate of drug-likeness (QED) is 0.398. The Labute approximate surface area is 197 Å². The average molecular weight is 458 g/mol. The number of piperidine rings is 1. The molecule has 8 heteroatoms. The van der Waals surface area contributed by atoms with Gasteiger partial charge in [0.2, 0.25) is 5.88 Å². The van der Waals surface area contributed by atoms with E-state index < -0.39 is 6.09 Å². The number of carbonyl (C=O) groups excluding carboxylic acids is 1. The molecule has 174 valence electrons. The Morgan fingerprint density at radius 2 is 1.97 bits per heavy atom. The van der Waals surface area contributed by atoms with Crippen LogP contribution in [0.2, 0.25) is 0 Å². The number of hydrogen-bond acceptors (Lipinski definition) is 6. The number of methoxy groups -OCH3 is 1. The number of benzene rings is 2. The number of pyridine rings is 1. The second kappa shape index (κ2) is 9.93. The fourth-order valence-corrected chi connectivity index (χ4v) is 4.29. The van der Waals surface area contributed by atoms with Crippen molar-refractivity contribution in [3.63, 3.8) is 0 Å². The van der Waals surface area contributed by atoms with E-state index in [-0.39, 0.29) is 18.7 Å². The van der Waals surface area contributed by atoms with E-state index in [1.54, 1.807) is 13.3 Å². The third-order valence-electron chi connectivity index (χ3n) is 6.04. The molecule has 0 bridgehead atoms. The number of rotatable bonds is 6. The zero-order chi connectivity index (χ0) is 23.3. The number of imidazole rings is 1. The SMILES string of the molecule is COc1nc2ccccc2cc1-c1cnc([C@@H]2CC(NC(=O)OCc3ccccc3)CCN2)[nH]1. The first-order valence-electron chi connectivity index (χ1n) is 11.4. The number of alkyl carbamates (subject to hydrolysis) is 1. The minimum Gasteiger partial charge on any atom is -0.480 e. The van der Waals surface area contributed by atoms with Gasteiger partial charge in [-0.1, -0.05) is 48.5 Å². The second-order valence-electron chi connectivity index (χ2n) is 8.35. The van der Waals surface area contributed by atoms with Crippen molar-refractivity contribution < 1.29 is 14.3 Å². The normalized spacial score (nSPS) is 17.9. The summed E-state index contributed by atoms with van der Waals surface area (Å²) >= 11 is 0. The van der Waals surface area contributed by atoms with Gasteiger partial charge in [0, 0.05) is 11.4 Å². The molecule has 1 unspecified atom stereocenters. The highest BCUT2D eigenvalue weighted by atomic mass is 16.5. The van der Waals surface area contributed by atoms with E-state index >= 15 is 0 Å². The highest BCUT2D eigenvalue weighted by molar-refractivity contribution is 5.85. The molecule has 0 radical (unpaired) electrons. The van der Waals surface area contributed by atoms with Crippen LogP contribution in [0.15, 0.2) is 66.9 Å². The van der Waals surface area contributed by atoms with Crippen molar-refractivity contribution in [2.45, 2.75) is 31.5 Å². The van der Waals surface area contributed by atoms with Crippen molar-refractivity contribution in [3.05, 3.63) is 78.2 Å². The van der Waals surface area contributed by atoms with Crippen LogP contribution in [0.25, 0.3) is 22.2 Å². The van der Waals surface area contributed by atoms with Gasteiger partial charge in [-0.05, 0) is 37.1 Å². The van der Waals surface area contributed by atoms with Crippen LogP contribution in [0.3, 0.4) is 0 Å². The summed E-state index contributed by atoms with van der Waals surface area (Å²) < 4.78 is 10.9. The molecule has 1 amide bonds. The van der Waals surface area contributed by atoms with Gasteiger partial charge in [-0.3, -0.25) is 0 Å². The van der Waals surface area contributed by atoms with Crippen molar-refractivity contribution in [1.82, 2.24) is 25.6 Å². The number of H-pyrrole nitrogens is 1. The Bertz CT molecular complexity index is 1270. The van der Waals surface area contributed by atoms with Crippen LogP contribution in [0.1, 0.15) is 30.3 Å². The third kappa shape index (κ3) is 4.87. The predicted molar refractivity (Wildman–Crippen MR) is 129 cm³/mol. The number of amides is 1. The summed E-state index contributed by atoms with van der Waals surface area (Å²) in [5.74, 6) is 1.36. The number of nitrogens with zero attached hydrogens (tertiary/aromatic N) is 2. The number of nitrogens with one attached hydrogen (secondary N) is 3. The number of fused-ring (bicyclic) bond motifs is 1. The lowest BCUT2D eigenvalue weighted by atomic mass is 9.99. The van der Waals surface area contributed by atoms with Crippen LogP contribution < -0.4 is 15.4 Å². The molecule has 1 fully saturated rings. The topological polar surface area (TPSA) is 101 Å². The summed E-state index contributed by atoms with van der Waals surface area (Å²) in [6, 6.07) is 19.6. The van der Waals surface area contributed by atoms with Crippen molar-refractivity contribution in [2.24, 2.45) is 0 Å². The van der Waals surface area contributed by atoms with Crippen molar-refractivity contribution in [2.75, 3.05) is 13.7 Å². The second-order valence-corrected chi connectivity index (χ2v) is 8.35. The molecule has 3 N–H and O–H groups in total. The van der Waals surface area contributed by atoms with E-state index in [1.165, 1.54) is 0 Å². The van der Waals surface area contributed by atoms with Crippen LogP contribution in [0, 0.1) is 0 Å². The van der Waals surface area contributed by atoms with Gasteiger partial charge < -0.3 is 25.1 Å². The van der Waals surface area contributed by atoms with Gasteiger partial charge in [0.15, 0.2) is 0 Å². The number of ether oxygens (including phenoxy) is 2. The number of hydrogen-bond donors (Lipinski definition) is 3. The van der Waals surface area contributed by atoms with E-state index in [0.29, 0.717) is 12.3 Å². The van der Waals surface area contributed by atoms with Gasteiger partial charge >= 0.3 is 6.09 Å². The summed E-state index contributed by atoms with van der Waals surface area (Å²) in [5.41, 5.74) is 3.53. The molecule has 2 aromatic carbocycles. The molecule has 0 aliphatic carbocycles. The summed E-state index contributed by atoms with van der Waals surface area (Å²) in [6.45, 7) is 1.02.